The summed E-state index contributed by atoms with van der Waals surface area (Å²) >= 11 is 0. The van der Waals surface area contributed by atoms with Crippen LogP contribution in [0.3, 0.4) is 0 Å². The van der Waals surface area contributed by atoms with Gasteiger partial charge in [0.2, 0.25) is 0 Å². The second kappa shape index (κ2) is 11.2. The Balaban J connectivity index is 2.12. The highest BCUT2D eigenvalue weighted by Crippen LogP contribution is 2.41. The molecule has 0 aromatic heterocycles. The molecule has 7 nitrogen and oxygen atoms in total. The second-order valence-electron chi connectivity index (χ2n) is 13.3. The average Bonchev–Trinajstić information content (AvgIpc) is 3.08. The number of carbonyl (C=O) groups excluding carboxylic acids is 2. The molecule has 0 unspecified atom stereocenters. The van der Waals surface area contributed by atoms with Gasteiger partial charge in [0.15, 0.2) is 8.32 Å². The fourth-order valence-electron chi connectivity index (χ4n) is 3.86. The van der Waals surface area contributed by atoms with E-state index >= 15 is 0 Å². The van der Waals surface area contributed by atoms with Gasteiger partial charge in [0, 0.05) is 13.1 Å². The zero-order valence-electron chi connectivity index (χ0n) is 24.3. The van der Waals surface area contributed by atoms with Gasteiger partial charge < -0.3 is 19.2 Å². The van der Waals surface area contributed by atoms with Gasteiger partial charge in [-0.25, -0.2) is 4.79 Å². The molecule has 2 atom stereocenters. The lowest BCUT2D eigenvalue weighted by atomic mass is 10.0. The van der Waals surface area contributed by atoms with Crippen molar-refractivity contribution < 1.29 is 23.5 Å². The topological polar surface area (TPSA) is 77.1 Å². The highest BCUT2D eigenvalue weighted by atomic mass is 28.4. The van der Waals surface area contributed by atoms with E-state index in [1.807, 2.05) is 58.6 Å². The summed E-state index contributed by atoms with van der Waals surface area (Å²) in [4.78, 5) is 26.9. The van der Waals surface area contributed by atoms with Crippen molar-refractivity contribution >= 4 is 20.4 Å². The molecule has 1 amide bonds. The maximum Gasteiger partial charge on any atom is 0.410 e. The molecule has 1 fully saturated rings. The fourth-order valence-corrected chi connectivity index (χ4v) is 5.22. The van der Waals surface area contributed by atoms with Crippen LogP contribution >= 0.6 is 0 Å². The first kappa shape index (κ1) is 30.3. The summed E-state index contributed by atoms with van der Waals surface area (Å²) in [5, 5.41) is 3.23. The van der Waals surface area contributed by atoms with Crippen LogP contribution in [0.5, 0.6) is 0 Å². The Bertz CT molecular complexity index is 894. The van der Waals surface area contributed by atoms with Gasteiger partial charge in [0.05, 0.1) is 18.7 Å². The third-order valence-electron chi connectivity index (χ3n) is 6.54. The Morgan fingerprint density at radius 1 is 0.944 bits per heavy atom. The first-order valence-corrected chi connectivity index (χ1v) is 15.9. The minimum absolute atomic E-state index is 0.0291. The van der Waals surface area contributed by atoms with Crippen molar-refractivity contribution in [2.24, 2.45) is 0 Å². The summed E-state index contributed by atoms with van der Waals surface area (Å²) in [6.45, 7) is 23.6. The van der Waals surface area contributed by atoms with Crippen molar-refractivity contribution in [3.05, 3.63) is 35.4 Å². The zero-order valence-corrected chi connectivity index (χ0v) is 25.3. The first-order chi connectivity index (χ1) is 16.3. The van der Waals surface area contributed by atoms with Crippen molar-refractivity contribution in [3.63, 3.8) is 0 Å². The molecule has 8 heteroatoms. The van der Waals surface area contributed by atoms with E-state index < -0.39 is 19.5 Å². The molecule has 1 aromatic rings. The summed E-state index contributed by atoms with van der Waals surface area (Å²) in [5.41, 5.74) is 1.05. The molecule has 0 radical (unpaired) electrons. The summed E-state index contributed by atoms with van der Waals surface area (Å²) in [6.07, 6.45) is 0.401. The first-order valence-electron chi connectivity index (χ1n) is 13.0. The highest BCUT2D eigenvalue weighted by molar-refractivity contribution is 6.74. The van der Waals surface area contributed by atoms with Crippen LogP contribution < -0.4 is 5.32 Å². The van der Waals surface area contributed by atoms with E-state index in [1.54, 1.807) is 0 Å². The third kappa shape index (κ3) is 9.20. The van der Waals surface area contributed by atoms with Crippen molar-refractivity contribution in [2.75, 3.05) is 13.1 Å². The number of hydrogen-bond acceptors (Lipinski definition) is 6. The number of nitrogens with one attached hydrogen (secondary N) is 1. The lowest BCUT2D eigenvalue weighted by Gasteiger charge is -2.38. The van der Waals surface area contributed by atoms with Crippen LogP contribution in [-0.4, -0.2) is 55.7 Å². The fraction of sp³-hybridized carbons (Fsp3) is 0.714. The van der Waals surface area contributed by atoms with E-state index in [0.29, 0.717) is 13.1 Å². The van der Waals surface area contributed by atoms with Gasteiger partial charge in [-0.2, -0.15) is 0 Å². The lowest BCUT2D eigenvalue weighted by Crippen LogP contribution is -2.45. The standard InChI is InChI=1S/C28H48N2O5Si/c1-26(2,3)33-24(31)18-29-17-20-12-14-21(15-13-20)23-16-22(35-36(10,11)28(7,8)9)19-30(23)25(32)34-27(4,5)6/h12-15,22-23,29H,16-19H2,1-11H3/t22-,23-/m1/s1. The number of nitrogens with zero attached hydrogens (tertiary/aromatic N) is 1. The van der Waals surface area contributed by atoms with Crippen LogP contribution in [0.2, 0.25) is 18.1 Å². The van der Waals surface area contributed by atoms with Crippen molar-refractivity contribution in [2.45, 2.75) is 117 Å². The minimum atomic E-state index is -1.98. The lowest BCUT2D eigenvalue weighted by molar-refractivity contribution is -0.153. The Morgan fingerprint density at radius 3 is 2.00 bits per heavy atom. The van der Waals surface area contributed by atoms with E-state index in [2.05, 4.69) is 51.3 Å². The van der Waals surface area contributed by atoms with E-state index in [0.717, 1.165) is 17.5 Å². The Morgan fingerprint density at radius 2 is 1.50 bits per heavy atom. The maximum atomic E-state index is 13.1. The molecule has 0 saturated carbocycles. The molecule has 1 aliphatic rings. The second-order valence-corrected chi connectivity index (χ2v) is 18.1. The van der Waals surface area contributed by atoms with Crippen molar-refractivity contribution in [1.82, 2.24) is 10.2 Å². The zero-order chi connectivity index (χ0) is 27.5. The quantitative estimate of drug-likeness (QED) is 0.341. The number of amides is 1. The maximum absolute atomic E-state index is 13.1. The number of esters is 1. The Kier molecular flexibility index (Phi) is 9.46. The molecule has 1 aromatic carbocycles. The molecule has 1 aliphatic heterocycles. The normalized spacial score (nSPS) is 19.4. The number of hydrogen-bond donors (Lipinski definition) is 1. The van der Waals surface area contributed by atoms with Gasteiger partial charge in [-0.15, -0.1) is 0 Å². The Hall–Kier alpha value is -1.90. The van der Waals surface area contributed by atoms with Crippen LogP contribution in [-0.2, 0) is 25.2 Å². The SMILES string of the molecule is CC(C)(C)OC(=O)CNCc1ccc([C@H]2C[C@@H](O[Si](C)(C)C(C)(C)C)CN2C(=O)OC(C)(C)C)cc1. The average molecular weight is 521 g/mol. The van der Waals surface area contributed by atoms with E-state index in [9.17, 15) is 9.59 Å². The molecular weight excluding hydrogens is 472 g/mol. The summed E-state index contributed by atoms with van der Waals surface area (Å²) in [7, 11) is -1.98. The molecule has 1 heterocycles. The van der Waals surface area contributed by atoms with Crippen molar-refractivity contribution in [3.8, 4) is 0 Å². The summed E-state index contributed by atoms with van der Waals surface area (Å²) < 4.78 is 17.8. The molecule has 0 aliphatic carbocycles. The molecule has 0 spiro atoms. The molecule has 36 heavy (non-hydrogen) atoms. The van der Waals surface area contributed by atoms with Gasteiger partial charge in [-0.05, 0) is 77.2 Å². The van der Waals surface area contributed by atoms with Crippen LogP contribution in [0.25, 0.3) is 0 Å². The number of rotatable bonds is 7. The minimum Gasteiger partial charge on any atom is -0.459 e. The van der Waals surface area contributed by atoms with Crippen molar-refractivity contribution in [1.29, 1.82) is 0 Å². The predicted molar refractivity (Wildman–Crippen MR) is 146 cm³/mol. The number of ether oxygens (including phenoxy) is 2. The molecule has 0 bridgehead atoms. The number of carbonyl (C=O) groups is 2. The smallest absolute Gasteiger partial charge is 0.410 e. The van der Waals surface area contributed by atoms with Gasteiger partial charge in [-0.3, -0.25) is 9.69 Å². The van der Waals surface area contributed by atoms with Crippen LogP contribution in [0.15, 0.2) is 24.3 Å². The van der Waals surface area contributed by atoms with Gasteiger partial charge in [-0.1, -0.05) is 45.0 Å². The molecule has 1 saturated heterocycles. The van der Waals surface area contributed by atoms with E-state index in [-0.39, 0.29) is 35.8 Å². The molecule has 204 valence electrons. The van der Waals surface area contributed by atoms with Gasteiger partial charge >= 0.3 is 12.1 Å². The molecular formula is C28H48N2O5Si. The monoisotopic (exact) mass is 520 g/mol. The number of benzene rings is 1. The van der Waals surface area contributed by atoms with E-state index in [1.165, 1.54) is 0 Å². The van der Waals surface area contributed by atoms with Gasteiger partial charge in [0.1, 0.15) is 11.2 Å². The Labute approximate surface area is 219 Å². The molecule has 2 rings (SSSR count). The predicted octanol–water partition coefficient (Wildman–Crippen LogP) is 6.19. The number of likely N-dealkylation sites (tertiary alicyclic amines) is 1. The highest BCUT2D eigenvalue weighted by Gasteiger charge is 2.44. The van der Waals surface area contributed by atoms with E-state index in [4.69, 9.17) is 13.9 Å². The van der Waals surface area contributed by atoms with Gasteiger partial charge in [0.25, 0.3) is 0 Å². The summed E-state index contributed by atoms with van der Waals surface area (Å²) in [6, 6.07) is 8.07. The third-order valence-corrected chi connectivity index (χ3v) is 11.1. The van der Waals surface area contributed by atoms with Crippen LogP contribution in [0.4, 0.5) is 4.79 Å². The van der Waals surface area contributed by atoms with Crippen LogP contribution in [0.1, 0.15) is 85.9 Å². The molecule has 1 N–H and O–H groups in total. The van der Waals surface area contributed by atoms with Crippen LogP contribution in [0, 0.1) is 0 Å². The summed E-state index contributed by atoms with van der Waals surface area (Å²) in [5.74, 6) is -0.272. The largest absolute Gasteiger partial charge is 0.459 e.